The van der Waals surface area contributed by atoms with E-state index in [4.69, 9.17) is 0 Å². The van der Waals surface area contributed by atoms with Crippen LogP contribution in [0.3, 0.4) is 0 Å². The van der Waals surface area contributed by atoms with Crippen LogP contribution in [-0.2, 0) is 0 Å². The normalized spacial score (nSPS) is 18.5. The Morgan fingerprint density at radius 2 is 2.09 bits per heavy atom. The van der Waals surface area contributed by atoms with E-state index in [1.54, 1.807) is 0 Å². The summed E-state index contributed by atoms with van der Waals surface area (Å²) in [5, 5.41) is 3.23. The van der Waals surface area contributed by atoms with Crippen LogP contribution in [-0.4, -0.2) is 42.1 Å². The Morgan fingerprint density at radius 3 is 2.64 bits per heavy atom. The van der Waals surface area contributed by atoms with Gasteiger partial charge in [0.25, 0.3) is 5.91 Å². The van der Waals surface area contributed by atoms with Crippen molar-refractivity contribution in [3.05, 3.63) is 23.0 Å². The van der Waals surface area contributed by atoms with Gasteiger partial charge in [-0.3, -0.25) is 4.79 Å². The predicted octanol–water partition coefficient (Wildman–Crippen LogP) is 3.18. The van der Waals surface area contributed by atoms with Gasteiger partial charge in [-0.25, -0.2) is 0 Å². The lowest BCUT2D eigenvalue weighted by atomic mass is 9.97. The smallest absolute Gasteiger partial charge is 0.255 e. The first-order valence-corrected chi connectivity index (χ1v) is 8.08. The molecule has 0 bridgehead atoms. The molecule has 2 heterocycles. The number of halogens is 1. The highest BCUT2D eigenvalue weighted by Crippen LogP contribution is 2.24. The number of likely N-dealkylation sites (tertiary alicyclic amines) is 1. The maximum atomic E-state index is 12.9. The molecular formula is C17H30ClN3O. The van der Waals surface area contributed by atoms with E-state index in [1.807, 2.05) is 11.9 Å². The zero-order valence-corrected chi connectivity index (χ0v) is 15.3. The summed E-state index contributed by atoms with van der Waals surface area (Å²) in [6.07, 6.45) is 2.33. The molecule has 0 radical (unpaired) electrons. The molecule has 2 rings (SSSR count). The fourth-order valence-corrected chi connectivity index (χ4v) is 3.66. The van der Waals surface area contributed by atoms with Gasteiger partial charge >= 0.3 is 0 Å². The number of nitrogens with zero attached hydrogens (tertiary/aromatic N) is 2. The Kier molecular flexibility index (Phi) is 6.95. The van der Waals surface area contributed by atoms with Gasteiger partial charge in [-0.2, -0.15) is 0 Å². The van der Waals surface area contributed by atoms with Gasteiger partial charge in [0.05, 0.1) is 5.56 Å². The van der Waals surface area contributed by atoms with Gasteiger partial charge < -0.3 is 14.8 Å². The first kappa shape index (κ1) is 19.0. The standard InChI is InChI=1S/C17H29N3O.ClH/c1-12(2)20-13(3)9-16(14(20)4)17(21)19-8-6-7-15(11-19)10-18-5;/h9,12,15,18H,6-8,10-11H2,1-5H3;1H. The zero-order chi connectivity index (χ0) is 15.6. The molecule has 0 aromatic carbocycles. The lowest BCUT2D eigenvalue weighted by molar-refractivity contribution is 0.0673. The van der Waals surface area contributed by atoms with E-state index >= 15 is 0 Å². The number of hydrogen-bond donors (Lipinski definition) is 1. The minimum Gasteiger partial charge on any atom is -0.346 e. The second kappa shape index (κ2) is 8.02. The summed E-state index contributed by atoms with van der Waals surface area (Å²) in [6, 6.07) is 2.45. The highest BCUT2D eigenvalue weighted by Gasteiger charge is 2.26. The van der Waals surface area contributed by atoms with Gasteiger partial charge in [0.2, 0.25) is 0 Å². The molecule has 1 atom stereocenters. The largest absolute Gasteiger partial charge is 0.346 e. The minimum absolute atomic E-state index is 0. The first-order valence-electron chi connectivity index (χ1n) is 8.08. The van der Waals surface area contributed by atoms with Crippen LogP contribution in [0.2, 0.25) is 0 Å². The number of amides is 1. The van der Waals surface area contributed by atoms with Crippen LogP contribution < -0.4 is 5.32 Å². The molecule has 1 amide bonds. The van der Waals surface area contributed by atoms with Crippen molar-refractivity contribution >= 4 is 18.3 Å². The second-order valence-corrected chi connectivity index (χ2v) is 6.57. The Bertz CT molecular complexity index is 508. The van der Waals surface area contributed by atoms with Crippen molar-refractivity contribution in [3.63, 3.8) is 0 Å². The minimum atomic E-state index is 0. The SMILES string of the molecule is CNCC1CCCN(C(=O)c2cc(C)n(C(C)C)c2C)C1.Cl. The van der Waals surface area contributed by atoms with Gasteiger partial charge in [-0.1, -0.05) is 0 Å². The molecule has 126 valence electrons. The van der Waals surface area contributed by atoms with Gasteiger partial charge in [0, 0.05) is 30.5 Å². The van der Waals surface area contributed by atoms with E-state index in [2.05, 4.69) is 43.6 Å². The average molecular weight is 328 g/mol. The fourth-order valence-electron chi connectivity index (χ4n) is 3.66. The summed E-state index contributed by atoms with van der Waals surface area (Å²) in [6.45, 7) is 11.2. The number of aryl methyl sites for hydroxylation is 1. The van der Waals surface area contributed by atoms with Crippen LogP contribution in [0.1, 0.15) is 54.5 Å². The van der Waals surface area contributed by atoms with Crippen molar-refractivity contribution in [2.75, 3.05) is 26.7 Å². The first-order chi connectivity index (χ1) is 9.95. The Hall–Kier alpha value is -1.00. The summed E-state index contributed by atoms with van der Waals surface area (Å²) in [5.74, 6) is 0.789. The molecule has 1 fully saturated rings. The number of piperidine rings is 1. The topological polar surface area (TPSA) is 37.3 Å². The van der Waals surface area contributed by atoms with Crippen molar-refractivity contribution in [1.29, 1.82) is 0 Å². The van der Waals surface area contributed by atoms with Gasteiger partial charge in [0.15, 0.2) is 0 Å². The maximum Gasteiger partial charge on any atom is 0.255 e. The molecule has 22 heavy (non-hydrogen) atoms. The quantitative estimate of drug-likeness (QED) is 0.922. The Labute approximate surface area is 140 Å². The number of carbonyl (C=O) groups excluding carboxylic acids is 1. The number of carbonyl (C=O) groups is 1. The molecule has 0 aliphatic carbocycles. The zero-order valence-electron chi connectivity index (χ0n) is 14.5. The van der Waals surface area contributed by atoms with E-state index in [0.29, 0.717) is 12.0 Å². The molecule has 1 N–H and O–H groups in total. The molecule has 5 heteroatoms. The van der Waals surface area contributed by atoms with E-state index in [9.17, 15) is 4.79 Å². The highest BCUT2D eigenvalue weighted by atomic mass is 35.5. The third kappa shape index (κ3) is 3.85. The number of rotatable bonds is 4. The monoisotopic (exact) mass is 327 g/mol. The average Bonchev–Trinajstić information content (AvgIpc) is 2.74. The third-order valence-corrected chi connectivity index (χ3v) is 4.53. The van der Waals surface area contributed by atoms with Crippen molar-refractivity contribution in [2.45, 2.75) is 46.6 Å². The summed E-state index contributed by atoms with van der Waals surface area (Å²) < 4.78 is 2.25. The van der Waals surface area contributed by atoms with Crippen LogP contribution in [0.25, 0.3) is 0 Å². The summed E-state index contributed by atoms with van der Waals surface area (Å²) >= 11 is 0. The van der Waals surface area contributed by atoms with Crippen molar-refractivity contribution in [1.82, 2.24) is 14.8 Å². The molecule has 1 aromatic rings. The predicted molar refractivity (Wildman–Crippen MR) is 94.1 cm³/mol. The van der Waals surface area contributed by atoms with Gasteiger partial charge in [0.1, 0.15) is 0 Å². The highest BCUT2D eigenvalue weighted by molar-refractivity contribution is 5.95. The maximum absolute atomic E-state index is 12.9. The molecule has 1 aliphatic rings. The summed E-state index contributed by atoms with van der Waals surface area (Å²) in [4.78, 5) is 14.9. The van der Waals surface area contributed by atoms with Gasteiger partial charge in [-0.15, -0.1) is 12.4 Å². The second-order valence-electron chi connectivity index (χ2n) is 6.57. The summed E-state index contributed by atoms with van der Waals surface area (Å²) in [7, 11) is 1.98. The van der Waals surface area contributed by atoms with Crippen LogP contribution in [0, 0.1) is 19.8 Å². The number of nitrogens with one attached hydrogen (secondary N) is 1. The number of hydrogen-bond acceptors (Lipinski definition) is 2. The van der Waals surface area contributed by atoms with Crippen LogP contribution in [0.4, 0.5) is 0 Å². The molecule has 1 aliphatic heterocycles. The molecule has 1 saturated heterocycles. The van der Waals surface area contributed by atoms with E-state index in [1.165, 1.54) is 12.1 Å². The van der Waals surface area contributed by atoms with Crippen molar-refractivity contribution < 1.29 is 4.79 Å². The van der Waals surface area contributed by atoms with Crippen molar-refractivity contribution in [3.8, 4) is 0 Å². The molecule has 1 aromatic heterocycles. The van der Waals surface area contributed by atoms with E-state index in [-0.39, 0.29) is 18.3 Å². The Morgan fingerprint density at radius 1 is 1.41 bits per heavy atom. The van der Waals surface area contributed by atoms with Crippen LogP contribution >= 0.6 is 12.4 Å². The van der Waals surface area contributed by atoms with Crippen LogP contribution in [0.5, 0.6) is 0 Å². The molecule has 4 nitrogen and oxygen atoms in total. The fraction of sp³-hybridized carbons (Fsp3) is 0.706. The molecule has 0 spiro atoms. The lowest BCUT2D eigenvalue weighted by Gasteiger charge is -2.32. The lowest BCUT2D eigenvalue weighted by Crippen LogP contribution is -2.42. The number of aromatic nitrogens is 1. The summed E-state index contributed by atoms with van der Waals surface area (Å²) in [5.41, 5.74) is 3.16. The molecular weight excluding hydrogens is 298 g/mol. The van der Waals surface area contributed by atoms with Crippen LogP contribution in [0.15, 0.2) is 6.07 Å². The van der Waals surface area contributed by atoms with Crippen molar-refractivity contribution in [2.24, 2.45) is 5.92 Å². The van der Waals surface area contributed by atoms with Gasteiger partial charge in [-0.05, 0) is 66.1 Å². The molecule has 1 unspecified atom stereocenters. The van der Waals surface area contributed by atoms with E-state index < -0.39 is 0 Å². The Balaban J connectivity index is 0.00000242. The molecule has 0 saturated carbocycles. The van der Waals surface area contributed by atoms with E-state index in [0.717, 1.165) is 37.3 Å². The third-order valence-electron chi connectivity index (χ3n) is 4.53.